The van der Waals surface area contributed by atoms with Crippen molar-refractivity contribution in [3.63, 3.8) is 0 Å². The maximum Gasteiger partial charge on any atom is 0.232 e. The van der Waals surface area contributed by atoms with E-state index in [0.717, 1.165) is 12.1 Å². The Balaban J connectivity index is 1.49. The summed E-state index contributed by atoms with van der Waals surface area (Å²) in [5, 5.41) is 6.27. The van der Waals surface area contributed by atoms with Crippen LogP contribution in [0.15, 0.2) is 30.3 Å². The number of hydrogen-bond acceptors (Lipinski definition) is 7. The maximum atomic E-state index is 12.2. The van der Waals surface area contributed by atoms with E-state index in [1.807, 2.05) is 30.3 Å². The lowest BCUT2D eigenvalue weighted by atomic mass is 9.86. The predicted octanol–water partition coefficient (Wildman–Crippen LogP) is 3.13. The summed E-state index contributed by atoms with van der Waals surface area (Å²) in [4.78, 5) is 24.9. The summed E-state index contributed by atoms with van der Waals surface area (Å²) in [7, 11) is 0. The van der Waals surface area contributed by atoms with Crippen molar-refractivity contribution in [1.29, 1.82) is 0 Å². The molecule has 0 spiro atoms. The quantitative estimate of drug-likeness (QED) is 0.671. The van der Waals surface area contributed by atoms with Crippen molar-refractivity contribution in [2.24, 2.45) is 5.92 Å². The highest BCUT2D eigenvalue weighted by molar-refractivity contribution is 7.99. The second-order valence-corrected chi connectivity index (χ2v) is 7.84. The molecule has 0 unspecified atom stereocenters. The molecule has 144 valence electrons. The van der Waals surface area contributed by atoms with Gasteiger partial charge < -0.3 is 16.4 Å². The van der Waals surface area contributed by atoms with E-state index in [0.29, 0.717) is 35.2 Å². The molecule has 4 N–H and O–H groups in total. The number of anilines is 3. The Morgan fingerprint density at radius 1 is 1.19 bits per heavy atom. The van der Waals surface area contributed by atoms with E-state index in [-0.39, 0.29) is 11.9 Å². The number of nitrogens with one attached hydrogen (secondary N) is 2. The van der Waals surface area contributed by atoms with E-state index in [9.17, 15) is 4.79 Å². The van der Waals surface area contributed by atoms with Crippen molar-refractivity contribution in [2.45, 2.75) is 44.4 Å². The first-order chi connectivity index (χ1) is 13.1. The maximum absolute atomic E-state index is 12.2. The third-order valence-electron chi connectivity index (χ3n) is 4.65. The minimum Gasteiger partial charge on any atom is -0.368 e. The molecule has 1 aliphatic rings. The molecule has 3 rings (SSSR count). The van der Waals surface area contributed by atoms with Crippen LogP contribution < -0.4 is 16.4 Å². The van der Waals surface area contributed by atoms with Gasteiger partial charge in [0.1, 0.15) is 5.82 Å². The van der Waals surface area contributed by atoms with E-state index in [2.05, 4.69) is 32.5 Å². The molecule has 1 amide bonds. The molecule has 1 saturated carbocycles. The van der Waals surface area contributed by atoms with Gasteiger partial charge in [-0.1, -0.05) is 38.0 Å². The first kappa shape index (κ1) is 19.4. The first-order valence-electron chi connectivity index (χ1n) is 9.30. The zero-order valence-corrected chi connectivity index (χ0v) is 16.3. The van der Waals surface area contributed by atoms with Gasteiger partial charge in [0, 0.05) is 11.7 Å². The third-order valence-corrected chi connectivity index (χ3v) is 5.58. The number of nitrogen functional groups attached to an aromatic ring is 1. The smallest absolute Gasteiger partial charge is 0.232 e. The van der Waals surface area contributed by atoms with E-state index >= 15 is 0 Å². The Hall–Kier alpha value is -2.35. The number of aromatic nitrogens is 3. The van der Waals surface area contributed by atoms with Gasteiger partial charge in [-0.05, 0) is 30.9 Å². The number of rotatable bonds is 7. The highest BCUT2D eigenvalue weighted by atomic mass is 32.2. The highest BCUT2D eigenvalue weighted by Gasteiger charge is 2.22. The molecule has 1 aliphatic carbocycles. The van der Waals surface area contributed by atoms with Gasteiger partial charge in [-0.2, -0.15) is 15.0 Å². The monoisotopic (exact) mass is 386 g/mol. The van der Waals surface area contributed by atoms with E-state index in [1.54, 1.807) is 0 Å². The minimum atomic E-state index is 0.0726. The second kappa shape index (κ2) is 9.55. The van der Waals surface area contributed by atoms with Gasteiger partial charge in [0.25, 0.3) is 0 Å². The summed E-state index contributed by atoms with van der Waals surface area (Å²) in [5.41, 5.74) is 6.67. The van der Waals surface area contributed by atoms with Gasteiger partial charge >= 0.3 is 0 Å². The molecule has 1 aromatic heterocycles. The molecule has 0 saturated heterocycles. The van der Waals surface area contributed by atoms with Crippen molar-refractivity contribution in [3.05, 3.63) is 36.2 Å². The van der Waals surface area contributed by atoms with E-state index in [4.69, 9.17) is 5.73 Å². The zero-order chi connectivity index (χ0) is 19.1. The molecule has 0 bridgehead atoms. The van der Waals surface area contributed by atoms with Crippen LogP contribution in [0.3, 0.4) is 0 Å². The molecule has 2 atom stereocenters. The Kier molecular flexibility index (Phi) is 6.86. The van der Waals surface area contributed by atoms with Gasteiger partial charge in [-0.25, -0.2) is 0 Å². The molecule has 1 aromatic carbocycles. The number of nitrogens with two attached hydrogens (primary N) is 1. The number of para-hydroxylation sites is 1. The van der Waals surface area contributed by atoms with Gasteiger partial charge in [-0.3, -0.25) is 4.79 Å². The van der Waals surface area contributed by atoms with Gasteiger partial charge in [0.05, 0.1) is 11.5 Å². The fourth-order valence-electron chi connectivity index (χ4n) is 3.22. The molecule has 2 aromatic rings. The summed E-state index contributed by atoms with van der Waals surface area (Å²) in [6, 6.07) is 9.94. The number of benzene rings is 1. The van der Waals surface area contributed by atoms with E-state index in [1.165, 1.54) is 31.0 Å². The largest absolute Gasteiger partial charge is 0.368 e. The fraction of sp³-hybridized carbons (Fsp3) is 0.474. The van der Waals surface area contributed by atoms with Crippen LogP contribution in [-0.2, 0) is 10.5 Å². The lowest BCUT2D eigenvalue weighted by Crippen LogP contribution is -2.41. The highest BCUT2D eigenvalue weighted by Crippen LogP contribution is 2.24. The average Bonchev–Trinajstić information content (AvgIpc) is 2.64. The summed E-state index contributed by atoms with van der Waals surface area (Å²) < 4.78 is 0. The lowest BCUT2D eigenvalue weighted by molar-refractivity contribution is -0.119. The molecular weight excluding hydrogens is 360 g/mol. The summed E-state index contributed by atoms with van der Waals surface area (Å²) in [5.74, 6) is 2.65. The van der Waals surface area contributed by atoms with Gasteiger partial charge in [0.15, 0.2) is 0 Å². The third kappa shape index (κ3) is 6.09. The zero-order valence-electron chi connectivity index (χ0n) is 15.5. The number of thioether (sulfide) groups is 1. The van der Waals surface area contributed by atoms with Crippen molar-refractivity contribution in [1.82, 2.24) is 20.3 Å². The number of carbonyl (C=O) groups excluding carboxylic acids is 1. The van der Waals surface area contributed by atoms with Crippen LogP contribution in [0.25, 0.3) is 0 Å². The Morgan fingerprint density at radius 3 is 2.74 bits per heavy atom. The normalized spacial score (nSPS) is 19.4. The van der Waals surface area contributed by atoms with Crippen LogP contribution in [0.1, 0.15) is 38.4 Å². The SMILES string of the molecule is C[C@@H]1CCCC[C@@H]1NC(=O)CSCc1nc(N)nc(Nc2ccccc2)n1. The van der Waals surface area contributed by atoms with Crippen LogP contribution in [0.5, 0.6) is 0 Å². The van der Waals surface area contributed by atoms with Gasteiger partial charge in [0.2, 0.25) is 17.8 Å². The van der Waals surface area contributed by atoms with Crippen molar-refractivity contribution >= 4 is 35.3 Å². The molecule has 0 radical (unpaired) electrons. The van der Waals surface area contributed by atoms with Gasteiger partial charge in [-0.15, -0.1) is 11.8 Å². The minimum absolute atomic E-state index is 0.0726. The Morgan fingerprint density at radius 2 is 1.96 bits per heavy atom. The number of hydrogen-bond donors (Lipinski definition) is 3. The molecule has 27 heavy (non-hydrogen) atoms. The Bertz CT molecular complexity index is 757. The van der Waals surface area contributed by atoms with Crippen LogP contribution in [0.4, 0.5) is 17.6 Å². The number of nitrogens with zero attached hydrogens (tertiary/aromatic N) is 3. The summed E-state index contributed by atoms with van der Waals surface area (Å²) >= 11 is 1.48. The van der Waals surface area contributed by atoms with E-state index < -0.39 is 0 Å². The van der Waals surface area contributed by atoms with Crippen LogP contribution >= 0.6 is 11.8 Å². The second-order valence-electron chi connectivity index (χ2n) is 6.85. The summed E-state index contributed by atoms with van der Waals surface area (Å²) in [6.07, 6.45) is 4.74. The van der Waals surface area contributed by atoms with Crippen LogP contribution in [0, 0.1) is 5.92 Å². The average molecular weight is 387 g/mol. The molecule has 8 heteroatoms. The molecule has 0 aliphatic heterocycles. The predicted molar refractivity (Wildman–Crippen MR) is 110 cm³/mol. The van der Waals surface area contributed by atoms with Crippen molar-refractivity contribution in [3.8, 4) is 0 Å². The number of amides is 1. The standard InChI is InChI=1S/C19H26N6OS/c1-13-7-5-6-10-15(13)22-17(26)12-27-11-16-23-18(20)25-19(24-16)21-14-8-3-2-4-9-14/h2-4,8-9,13,15H,5-7,10-12H2,1H3,(H,22,26)(H3,20,21,23,24,25)/t13-,15+/m1/s1. The van der Waals surface area contributed by atoms with Crippen LogP contribution in [0.2, 0.25) is 0 Å². The lowest BCUT2D eigenvalue weighted by Gasteiger charge is -2.29. The number of carbonyl (C=O) groups is 1. The topological polar surface area (TPSA) is 106 Å². The van der Waals surface area contributed by atoms with Crippen molar-refractivity contribution in [2.75, 3.05) is 16.8 Å². The molecular formula is C19H26N6OS. The first-order valence-corrected chi connectivity index (χ1v) is 10.5. The Labute approximate surface area is 164 Å². The molecule has 1 fully saturated rings. The van der Waals surface area contributed by atoms with Crippen LogP contribution in [-0.4, -0.2) is 32.7 Å². The fourth-order valence-corrected chi connectivity index (χ4v) is 3.91. The summed E-state index contributed by atoms with van der Waals surface area (Å²) in [6.45, 7) is 2.21. The molecule has 1 heterocycles. The molecule has 7 nitrogen and oxygen atoms in total. The van der Waals surface area contributed by atoms with Crippen molar-refractivity contribution < 1.29 is 4.79 Å².